The first-order valence-corrected chi connectivity index (χ1v) is 9.73. The van der Waals surface area contributed by atoms with Crippen LogP contribution in [0.3, 0.4) is 0 Å². The standard InChI is InChI=1S/C18H17ClF2IN3O2/c1-10-7-14(24-8-15(10)27-6-4-18(20,21)22)11(2)25-9-13-12(17(25)26)3-5-23-16(13)19/h3,5,7-8,11H,4,6,9H2,1-2H3. The highest BCUT2D eigenvalue weighted by Gasteiger charge is 2.33. The Balaban J connectivity index is 1.73. The van der Waals surface area contributed by atoms with Crippen molar-refractivity contribution in [1.82, 2.24) is 14.9 Å². The van der Waals surface area contributed by atoms with Crippen molar-refractivity contribution in [2.45, 2.75) is 36.8 Å². The Kier molecular flexibility index (Phi) is 5.85. The number of amides is 1. The van der Waals surface area contributed by atoms with E-state index in [1.165, 1.54) is 12.4 Å². The number of halogens is 4. The highest BCUT2D eigenvalue weighted by Crippen LogP contribution is 2.34. The van der Waals surface area contributed by atoms with Gasteiger partial charge in [0.25, 0.3) is 9.84 Å². The molecule has 144 valence electrons. The minimum Gasteiger partial charge on any atom is -0.491 e. The molecular formula is C18H17ClF2IN3O2. The molecule has 2 aromatic heterocycles. The van der Waals surface area contributed by atoms with Crippen LogP contribution in [0.4, 0.5) is 8.78 Å². The SMILES string of the molecule is Cc1cc(C(C)N2Cc3c(ccnc3Cl)C2=O)ncc1OCCC(F)(F)I. The van der Waals surface area contributed by atoms with Crippen LogP contribution >= 0.6 is 34.2 Å². The van der Waals surface area contributed by atoms with Crippen molar-refractivity contribution in [1.29, 1.82) is 0 Å². The average molecular weight is 508 g/mol. The Morgan fingerprint density at radius 1 is 1.44 bits per heavy atom. The van der Waals surface area contributed by atoms with E-state index in [1.54, 1.807) is 17.0 Å². The lowest BCUT2D eigenvalue weighted by Gasteiger charge is -2.24. The van der Waals surface area contributed by atoms with Crippen LogP contribution in [0.2, 0.25) is 5.15 Å². The van der Waals surface area contributed by atoms with Gasteiger partial charge in [-0.3, -0.25) is 9.78 Å². The molecule has 0 aliphatic carbocycles. The van der Waals surface area contributed by atoms with Gasteiger partial charge in [-0.05, 0) is 54.1 Å². The normalized spacial score (nSPS) is 15.0. The third kappa shape index (κ3) is 4.48. The van der Waals surface area contributed by atoms with Crippen LogP contribution in [-0.2, 0) is 6.54 Å². The minimum atomic E-state index is -2.80. The van der Waals surface area contributed by atoms with E-state index in [4.69, 9.17) is 16.3 Å². The number of aromatic nitrogens is 2. The molecule has 0 spiro atoms. The molecule has 1 aliphatic heterocycles. The Labute approximate surface area is 174 Å². The van der Waals surface area contributed by atoms with Crippen LogP contribution in [0.25, 0.3) is 0 Å². The molecule has 0 saturated carbocycles. The zero-order valence-corrected chi connectivity index (χ0v) is 17.6. The largest absolute Gasteiger partial charge is 0.491 e. The van der Waals surface area contributed by atoms with Crippen LogP contribution in [0, 0.1) is 6.92 Å². The summed E-state index contributed by atoms with van der Waals surface area (Å²) < 4.78 is 28.4. The van der Waals surface area contributed by atoms with Crippen molar-refractivity contribution in [2.75, 3.05) is 6.61 Å². The van der Waals surface area contributed by atoms with Crippen molar-refractivity contribution in [3.63, 3.8) is 0 Å². The van der Waals surface area contributed by atoms with Gasteiger partial charge < -0.3 is 9.64 Å². The predicted molar refractivity (Wildman–Crippen MR) is 106 cm³/mol. The fourth-order valence-corrected chi connectivity index (χ4v) is 3.35. The van der Waals surface area contributed by atoms with E-state index in [0.717, 1.165) is 28.2 Å². The second-order valence-corrected chi connectivity index (χ2v) is 8.26. The molecular weight excluding hydrogens is 491 g/mol. The number of ether oxygens (including phenoxy) is 1. The summed E-state index contributed by atoms with van der Waals surface area (Å²) in [6, 6.07) is 3.18. The monoisotopic (exact) mass is 507 g/mol. The number of aryl methyl sites for hydroxylation is 1. The second-order valence-electron chi connectivity index (χ2n) is 6.33. The summed E-state index contributed by atoms with van der Waals surface area (Å²) in [6.07, 6.45) is 2.65. The van der Waals surface area contributed by atoms with E-state index >= 15 is 0 Å². The maximum absolute atomic E-state index is 12.9. The summed E-state index contributed by atoms with van der Waals surface area (Å²) in [4.78, 5) is 22.7. The molecule has 27 heavy (non-hydrogen) atoms. The van der Waals surface area contributed by atoms with Gasteiger partial charge in [-0.25, -0.2) is 4.98 Å². The van der Waals surface area contributed by atoms with Crippen LogP contribution in [0.15, 0.2) is 24.5 Å². The number of carbonyl (C=O) groups is 1. The summed E-state index contributed by atoms with van der Waals surface area (Å²) in [5.74, 6) is 0.334. The lowest BCUT2D eigenvalue weighted by molar-refractivity contribution is 0.0712. The fraction of sp³-hybridized carbons (Fsp3) is 0.389. The molecule has 1 unspecified atom stereocenters. The summed E-state index contributed by atoms with van der Waals surface area (Å²) >= 11 is 7.19. The zero-order valence-electron chi connectivity index (χ0n) is 14.7. The number of hydrogen-bond acceptors (Lipinski definition) is 4. The fourth-order valence-electron chi connectivity index (χ4n) is 2.91. The number of rotatable bonds is 6. The van der Waals surface area contributed by atoms with Crippen LogP contribution in [0.5, 0.6) is 5.75 Å². The van der Waals surface area contributed by atoms with Crippen molar-refractivity contribution < 1.29 is 18.3 Å². The van der Waals surface area contributed by atoms with Crippen LogP contribution in [-0.4, -0.2) is 31.3 Å². The van der Waals surface area contributed by atoms with E-state index in [0.29, 0.717) is 34.3 Å². The van der Waals surface area contributed by atoms with Crippen molar-refractivity contribution in [2.24, 2.45) is 0 Å². The van der Waals surface area contributed by atoms with E-state index in [-0.39, 0.29) is 25.0 Å². The number of pyridine rings is 2. The van der Waals surface area contributed by atoms with Gasteiger partial charge in [0, 0.05) is 17.3 Å². The molecule has 0 bridgehead atoms. The Bertz CT molecular complexity index is 876. The Hall–Kier alpha value is -1.55. The van der Waals surface area contributed by atoms with Crippen molar-refractivity contribution >= 4 is 40.1 Å². The molecule has 9 heteroatoms. The summed E-state index contributed by atoms with van der Waals surface area (Å²) in [7, 11) is 0. The number of alkyl halides is 3. The first kappa shape index (κ1) is 20.2. The van der Waals surface area contributed by atoms with Crippen molar-refractivity contribution in [3.05, 3.63) is 52.1 Å². The molecule has 1 amide bonds. The van der Waals surface area contributed by atoms with Gasteiger partial charge in [0.2, 0.25) is 0 Å². The zero-order chi connectivity index (χ0) is 19.8. The van der Waals surface area contributed by atoms with Crippen molar-refractivity contribution in [3.8, 4) is 5.75 Å². The highest BCUT2D eigenvalue weighted by atomic mass is 127. The Morgan fingerprint density at radius 2 is 2.19 bits per heavy atom. The second kappa shape index (κ2) is 7.83. The van der Waals surface area contributed by atoms with E-state index in [2.05, 4.69) is 9.97 Å². The predicted octanol–water partition coefficient (Wildman–Crippen LogP) is 4.95. The minimum absolute atomic E-state index is 0.0984. The molecule has 1 atom stereocenters. The van der Waals surface area contributed by atoms with Gasteiger partial charge in [-0.1, -0.05) is 11.6 Å². The maximum Gasteiger partial charge on any atom is 0.299 e. The van der Waals surface area contributed by atoms with Gasteiger partial charge in [-0.2, -0.15) is 8.78 Å². The molecule has 0 aromatic carbocycles. The molecule has 1 aliphatic rings. The number of hydrogen-bond donors (Lipinski definition) is 0. The quantitative estimate of drug-likeness (QED) is 0.315. The van der Waals surface area contributed by atoms with Gasteiger partial charge in [0.1, 0.15) is 10.9 Å². The molecule has 3 heterocycles. The smallest absolute Gasteiger partial charge is 0.299 e. The summed E-state index contributed by atoms with van der Waals surface area (Å²) in [6.45, 7) is 3.96. The molecule has 0 fully saturated rings. The van der Waals surface area contributed by atoms with E-state index < -0.39 is 3.93 Å². The topological polar surface area (TPSA) is 55.3 Å². The van der Waals surface area contributed by atoms with E-state index in [9.17, 15) is 13.6 Å². The third-order valence-electron chi connectivity index (χ3n) is 4.45. The molecule has 0 radical (unpaired) electrons. The van der Waals surface area contributed by atoms with E-state index in [1.807, 2.05) is 13.8 Å². The molecule has 2 aromatic rings. The summed E-state index contributed by atoms with van der Waals surface area (Å²) in [5, 5.41) is 0.329. The molecule has 0 N–H and O–H groups in total. The van der Waals surface area contributed by atoms with Gasteiger partial charge in [0.05, 0.1) is 37.5 Å². The first-order chi connectivity index (χ1) is 12.7. The lowest BCUT2D eigenvalue weighted by Crippen LogP contribution is -2.28. The number of carbonyl (C=O) groups excluding carboxylic acids is 1. The Morgan fingerprint density at radius 3 is 2.81 bits per heavy atom. The van der Waals surface area contributed by atoms with Gasteiger partial charge in [-0.15, -0.1) is 0 Å². The molecule has 3 rings (SSSR count). The summed E-state index contributed by atoms with van der Waals surface area (Å²) in [5.41, 5.74) is 2.72. The van der Waals surface area contributed by atoms with Crippen LogP contribution in [0.1, 0.15) is 46.6 Å². The number of nitrogens with zero attached hydrogens (tertiary/aromatic N) is 3. The highest BCUT2D eigenvalue weighted by molar-refractivity contribution is 14.1. The molecule has 0 saturated heterocycles. The third-order valence-corrected chi connectivity index (χ3v) is 5.31. The average Bonchev–Trinajstić information content (AvgIpc) is 2.93. The van der Waals surface area contributed by atoms with Gasteiger partial charge in [0.15, 0.2) is 0 Å². The maximum atomic E-state index is 12.9. The van der Waals surface area contributed by atoms with Crippen LogP contribution < -0.4 is 4.74 Å². The number of fused-ring (bicyclic) bond motifs is 1. The molecule has 5 nitrogen and oxygen atoms in total. The first-order valence-electron chi connectivity index (χ1n) is 8.28. The lowest BCUT2D eigenvalue weighted by atomic mass is 10.1. The van der Waals surface area contributed by atoms with Gasteiger partial charge >= 0.3 is 0 Å².